The van der Waals surface area contributed by atoms with Gasteiger partial charge in [0.1, 0.15) is 0 Å². The second-order valence-corrected chi connectivity index (χ2v) is 6.06. The van der Waals surface area contributed by atoms with Crippen LogP contribution >= 0.6 is 0 Å². The van der Waals surface area contributed by atoms with Crippen molar-refractivity contribution in [2.24, 2.45) is 11.8 Å². The summed E-state index contributed by atoms with van der Waals surface area (Å²) in [6.45, 7) is 4.18. The zero-order valence-corrected chi connectivity index (χ0v) is 12.4. The molecule has 1 saturated carbocycles. The SMILES string of the molecule is Cc1ccc(CC(C)C(=O)NC(CCO)C2CC2)cc1. The zero-order valence-electron chi connectivity index (χ0n) is 12.4. The maximum absolute atomic E-state index is 12.2. The number of hydrogen-bond acceptors (Lipinski definition) is 2. The van der Waals surface area contributed by atoms with Crippen molar-refractivity contribution in [1.29, 1.82) is 0 Å². The fourth-order valence-corrected chi connectivity index (χ4v) is 2.56. The van der Waals surface area contributed by atoms with E-state index in [-0.39, 0.29) is 24.5 Å². The van der Waals surface area contributed by atoms with Gasteiger partial charge in [0.05, 0.1) is 0 Å². The number of amides is 1. The lowest BCUT2D eigenvalue weighted by atomic mass is 9.98. The third-order valence-corrected chi connectivity index (χ3v) is 4.07. The van der Waals surface area contributed by atoms with E-state index in [1.165, 1.54) is 24.0 Å². The molecule has 0 aliphatic heterocycles. The standard InChI is InChI=1S/C17H25NO2/c1-12-3-5-14(6-4-12)11-13(2)17(20)18-16(9-10-19)15-7-8-15/h3-6,13,15-16,19H,7-11H2,1-2H3,(H,18,20). The second-order valence-electron chi connectivity index (χ2n) is 6.06. The summed E-state index contributed by atoms with van der Waals surface area (Å²) in [5.41, 5.74) is 2.44. The predicted octanol–water partition coefficient (Wildman–Crippen LogP) is 2.45. The maximum Gasteiger partial charge on any atom is 0.223 e. The van der Waals surface area contributed by atoms with Crippen LogP contribution in [-0.2, 0) is 11.2 Å². The minimum Gasteiger partial charge on any atom is -0.396 e. The summed E-state index contributed by atoms with van der Waals surface area (Å²) in [7, 11) is 0. The van der Waals surface area contributed by atoms with Crippen molar-refractivity contribution in [2.45, 2.75) is 45.6 Å². The van der Waals surface area contributed by atoms with Gasteiger partial charge in [0.2, 0.25) is 5.91 Å². The van der Waals surface area contributed by atoms with Crippen molar-refractivity contribution in [1.82, 2.24) is 5.32 Å². The number of carbonyl (C=O) groups is 1. The van der Waals surface area contributed by atoms with E-state index in [9.17, 15) is 4.79 Å². The Bertz CT molecular complexity index is 437. The Kier molecular flexibility index (Phi) is 5.18. The van der Waals surface area contributed by atoms with Crippen molar-refractivity contribution in [3.05, 3.63) is 35.4 Å². The summed E-state index contributed by atoms with van der Waals surface area (Å²) in [6.07, 6.45) is 3.80. The van der Waals surface area contributed by atoms with Crippen LogP contribution in [-0.4, -0.2) is 23.7 Å². The Balaban J connectivity index is 1.85. The van der Waals surface area contributed by atoms with Crippen LogP contribution in [0.25, 0.3) is 0 Å². The Morgan fingerprint density at radius 2 is 2.00 bits per heavy atom. The summed E-state index contributed by atoms with van der Waals surface area (Å²) in [4.78, 5) is 12.2. The van der Waals surface area contributed by atoms with Gasteiger partial charge >= 0.3 is 0 Å². The molecular formula is C17H25NO2. The first kappa shape index (κ1) is 15.0. The number of nitrogens with one attached hydrogen (secondary N) is 1. The molecule has 110 valence electrons. The van der Waals surface area contributed by atoms with Gasteiger partial charge in [-0.05, 0) is 44.1 Å². The molecule has 0 heterocycles. The molecule has 20 heavy (non-hydrogen) atoms. The van der Waals surface area contributed by atoms with Crippen molar-refractivity contribution < 1.29 is 9.90 Å². The fourth-order valence-electron chi connectivity index (χ4n) is 2.56. The quantitative estimate of drug-likeness (QED) is 0.803. The highest BCUT2D eigenvalue weighted by atomic mass is 16.3. The first-order valence-electron chi connectivity index (χ1n) is 7.57. The monoisotopic (exact) mass is 275 g/mol. The number of hydrogen-bond donors (Lipinski definition) is 2. The van der Waals surface area contributed by atoms with Gasteiger partial charge in [-0.15, -0.1) is 0 Å². The molecule has 0 aromatic heterocycles. The van der Waals surface area contributed by atoms with Crippen LogP contribution in [0.2, 0.25) is 0 Å². The molecule has 3 nitrogen and oxygen atoms in total. The highest BCUT2D eigenvalue weighted by molar-refractivity contribution is 5.79. The maximum atomic E-state index is 12.2. The summed E-state index contributed by atoms with van der Waals surface area (Å²) in [6, 6.07) is 8.50. The lowest BCUT2D eigenvalue weighted by molar-refractivity contribution is -0.125. The third-order valence-electron chi connectivity index (χ3n) is 4.07. The van der Waals surface area contributed by atoms with Crippen molar-refractivity contribution in [3.8, 4) is 0 Å². The van der Waals surface area contributed by atoms with E-state index in [2.05, 4.69) is 36.5 Å². The Morgan fingerprint density at radius 1 is 1.35 bits per heavy atom. The average Bonchev–Trinajstić information content (AvgIpc) is 3.25. The number of aliphatic hydroxyl groups excluding tert-OH is 1. The van der Waals surface area contributed by atoms with E-state index >= 15 is 0 Å². The molecule has 1 fully saturated rings. The minimum atomic E-state index is -0.0300. The molecule has 2 unspecified atom stereocenters. The molecule has 2 atom stereocenters. The molecule has 1 amide bonds. The number of aryl methyl sites for hydroxylation is 1. The summed E-state index contributed by atoms with van der Waals surface area (Å²) < 4.78 is 0. The van der Waals surface area contributed by atoms with Crippen LogP contribution in [0.1, 0.15) is 37.3 Å². The lowest BCUT2D eigenvalue weighted by Crippen LogP contribution is -2.40. The van der Waals surface area contributed by atoms with Crippen LogP contribution < -0.4 is 5.32 Å². The molecule has 1 aromatic carbocycles. The summed E-state index contributed by atoms with van der Waals surface area (Å²) >= 11 is 0. The van der Waals surface area contributed by atoms with Gasteiger partial charge in [-0.1, -0.05) is 36.8 Å². The van der Waals surface area contributed by atoms with Crippen LogP contribution in [0.4, 0.5) is 0 Å². The smallest absolute Gasteiger partial charge is 0.223 e. The molecule has 3 heteroatoms. The highest BCUT2D eigenvalue weighted by Crippen LogP contribution is 2.34. The van der Waals surface area contributed by atoms with E-state index in [4.69, 9.17) is 5.11 Å². The molecule has 0 radical (unpaired) electrons. The van der Waals surface area contributed by atoms with Crippen molar-refractivity contribution in [3.63, 3.8) is 0 Å². The summed E-state index contributed by atoms with van der Waals surface area (Å²) in [5, 5.41) is 12.2. The molecular weight excluding hydrogens is 250 g/mol. The molecule has 2 rings (SSSR count). The topological polar surface area (TPSA) is 49.3 Å². The zero-order chi connectivity index (χ0) is 14.5. The van der Waals surface area contributed by atoms with Gasteiger partial charge in [-0.25, -0.2) is 0 Å². The Labute approximate surface area is 121 Å². The number of rotatable bonds is 7. The normalized spacial score (nSPS) is 17.6. The van der Waals surface area contributed by atoms with Crippen LogP contribution in [0.15, 0.2) is 24.3 Å². The third kappa shape index (κ3) is 4.34. The van der Waals surface area contributed by atoms with Gasteiger partial charge in [-0.3, -0.25) is 4.79 Å². The molecule has 0 spiro atoms. The molecule has 1 aromatic rings. The van der Waals surface area contributed by atoms with E-state index in [1.54, 1.807) is 0 Å². The summed E-state index contributed by atoms with van der Waals surface area (Å²) in [5.74, 6) is 0.659. The lowest BCUT2D eigenvalue weighted by Gasteiger charge is -2.20. The van der Waals surface area contributed by atoms with Gasteiger partial charge in [0.25, 0.3) is 0 Å². The average molecular weight is 275 g/mol. The van der Waals surface area contributed by atoms with Crippen LogP contribution in [0, 0.1) is 18.8 Å². The second kappa shape index (κ2) is 6.89. The number of aliphatic hydroxyl groups is 1. The molecule has 1 aliphatic carbocycles. The van der Waals surface area contributed by atoms with Gasteiger partial charge in [0, 0.05) is 18.6 Å². The van der Waals surface area contributed by atoms with Crippen molar-refractivity contribution >= 4 is 5.91 Å². The van der Waals surface area contributed by atoms with Gasteiger partial charge < -0.3 is 10.4 Å². The van der Waals surface area contributed by atoms with E-state index in [1.807, 2.05) is 6.92 Å². The van der Waals surface area contributed by atoms with Gasteiger partial charge in [0.15, 0.2) is 0 Å². The number of carbonyl (C=O) groups excluding carboxylic acids is 1. The molecule has 0 bridgehead atoms. The van der Waals surface area contributed by atoms with Crippen LogP contribution in [0.3, 0.4) is 0 Å². The first-order chi connectivity index (χ1) is 9.60. The molecule has 0 saturated heterocycles. The number of benzene rings is 1. The fraction of sp³-hybridized carbons (Fsp3) is 0.588. The molecule has 2 N–H and O–H groups in total. The van der Waals surface area contributed by atoms with E-state index in [0.717, 1.165) is 6.42 Å². The Morgan fingerprint density at radius 3 is 2.55 bits per heavy atom. The van der Waals surface area contributed by atoms with E-state index < -0.39 is 0 Å². The van der Waals surface area contributed by atoms with Gasteiger partial charge in [-0.2, -0.15) is 0 Å². The highest BCUT2D eigenvalue weighted by Gasteiger charge is 2.32. The Hall–Kier alpha value is -1.35. The predicted molar refractivity (Wildman–Crippen MR) is 80.4 cm³/mol. The van der Waals surface area contributed by atoms with Crippen LogP contribution in [0.5, 0.6) is 0 Å². The minimum absolute atomic E-state index is 0.0300. The molecule has 1 aliphatic rings. The largest absolute Gasteiger partial charge is 0.396 e. The van der Waals surface area contributed by atoms with Crippen molar-refractivity contribution in [2.75, 3.05) is 6.61 Å². The first-order valence-corrected chi connectivity index (χ1v) is 7.57. The van der Waals surface area contributed by atoms with E-state index in [0.29, 0.717) is 12.3 Å².